The van der Waals surface area contributed by atoms with Crippen molar-refractivity contribution in [3.8, 4) is 17.1 Å². The Morgan fingerprint density at radius 2 is 1.95 bits per heavy atom. The molecular formula is C32H41N5O3Si. The summed E-state index contributed by atoms with van der Waals surface area (Å²) >= 11 is 0. The SMILES string of the molecule is CCCC1(NC(=O)O)CCCc2ccc(-c3ccc4cnn(-c5cccc(CO[Si](C)(C)C(C)(C)C)n5)c4c3)nc21. The Balaban J connectivity index is 1.49. The van der Waals surface area contributed by atoms with Crippen LogP contribution in [0.5, 0.6) is 0 Å². The van der Waals surface area contributed by atoms with Gasteiger partial charge in [-0.05, 0) is 73.6 Å². The molecule has 216 valence electrons. The summed E-state index contributed by atoms with van der Waals surface area (Å²) in [5, 5.41) is 18.3. The van der Waals surface area contributed by atoms with Crippen LogP contribution in [-0.2, 0) is 23.0 Å². The summed E-state index contributed by atoms with van der Waals surface area (Å²) in [6, 6.07) is 16.3. The molecular weight excluding hydrogens is 530 g/mol. The molecule has 3 aromatic heterocycles. The molecule has 0 aliphatic heterocycles. The first kappa shape index (κ1) is 28.9. The van der Waals surface area contributed by atoms with E-state index in [4.69, 9.17) is 14.4 Å². The first-order chi connectivity index (χ1) is 19.4. The van der Waals surface area contributed by atoms with Gasteiger partial charge in [0.05, 0.1) is 40.9 Å². The number of aryl methyl sites for hydroxylation is 1. The van der Waals surface area contributed by atoms with Gasteiger partial charge in [0, 0.05) is 10.9 Å². The normalized spacial score (nSPS) is 17.4. The summed E-state index contributed by atoms with van der Waals surface area (Å²) in [4.78, 5) is 21.8. The van der Waals surface area contributed by atoms with Gasteiger partial charge in [0.1, 0.15) is 0 Å². The first-order valence-corrected chi connectivity index (χ1v) is 17.4. The second-order valence-electron chi connectivity index (χ2n) is 12.7. The Bertz CT molecular complexity index is 1580. The van der Waals surface area contributed by atoms with E-state index in [-0.39, 0.29) is 5.04 Å². The number of benzene rings is 1. The van der Waals surface area contributed by atoms with Gasteiger partial charge in [0.15, 0.2) is 14.1 Å². The summed E-state index contributed by atoms with van der Waals surface area (Å²) in [7, 11) is -1.90. The molecule has 41 heavy (non-hydrogen) atoms. The molecule has 1 amide bonds. The van der Waals surface area contributed by atoms with Gasteiger partial charge in [-0.15, -0.1) is 0 Å². The second kappa shape index (κ2) is 11.0. The highest BCUT2D eigenvalue weighted by Crippen LogP contribution is 2.39. The molecule has 1 aliphatic carbocycles. The molecule has 0 saturated heterocycles. The summed E-state index contributed by atoms with van der Waals surface area (Å²) in [5.41, 5.74) is 4.89. The van der Waals surface area contributed by atoms with Crippen molar-refractivity contribution in [1.29, 1.82) is 0 Å². The van der Waals surface area contributed by atoms with Gasteiger partial charge in [-0.25, -0.2) is 14.5 Å². The van der Waals surface area contributed by atoms with Crippen LogP contribution in [0.25, 0.3) is 28.0 Å². The Morgan fingerprint density at radius 3 is 2.68 bits per heavy atom. The molecule has 1 atom stereocenters. The number of carbonyl (C=O) groups is 1. The molecule has 9 heteroatoms. The lowest BCUT2D eigenvalue weighted by molar-refractivity contribution is 0.165. The van der Waals surface area contributed by atoms with Crippen LogP contribution in [0.3, 0.4) is 0 Å². The van der Waals surface area contributed by atoms with Gasteiger partial charge in [0.2, 0.25) is 0 Å². The summed E-state index contributed by atoms with van der Waals surface area (Å²) in [6.07, 6.45) is 5.02. The van der Waals surface area contributed by atoms with Gasteiger partial charge in [-0.1, -0.05) is 58.4 Å². The molecule has 1 aromatic carbocycles. The number of fused-ring (bicyclic) bond motifs is 2. The third-order valence-electron chi connectivity index (χ3n) is 8.77. The van der Waals surface area contributed by atoms with E-state index in [1.807, 2.05) is 35.1 Å². The van der Waals surface area contributed by atoms with Crippen molar-refractivity contribution in [2.24, 2.45) is 0 Å². The molecule has 0 spiro atoms. The third-order valence-corrected chi connectivity index (χ3v) is 13.2. The van der Waals surface area contributed by atoms with Crippen LogP contribution in [0.1, 0.15) is 70.3 Å². The fourth-order valence-corrected chi connectivity index (χ4v) is 6.46. The Kier molecular flexibility index (Phi) is 7.78. The van der Waals surface area contributed by atoms with E-state index >= 15 is 0 Å². The van der Waals surface area contributed by atoms with Gasteiger partial charge in [0.25, 0.3) is 0 Å². The number of nitrogens with zero attached hydrogens (tertiary/aromatic N) is 4. The maximum Gasteiger partial charge on any atom is 0.405 e. The lowest BCUT2D eigenvalue weighted by atomic mass is 9.77. The van der Waals surface area contributed by atoms with E-state index in [0.717, 1.165) is 77.0 Å². The van der Waals surface area contributed by atoms with Crippen molar-refractivity contribution in [2.45, 2.75) is 90.1 Å². The number of nitrogens with one attached hydrogen (secondary N) is 1. The standard InChI is InChI=1S/C32H41N5O3Si/c1-7-17-32(36-30(38)39)18-9-10-22-15-16-26(35-29(22)32)23-13-14-24-20-33-37(27(24)19-23)28-12-8-11-25(34-28)21-40-41(5,6)31(2,3)4/h8,11-16,19-20,36H,7,9-10,17-18,21H2,1-6H3,(H,38,39). The van der Waals surface area contributed by atoms with Crippen molar-refractivity contribution in [3.63, 3.8) is 0 Å². The van der Waals surface area contributed by atoms with Crippen molar-refractivity contribution < 1.29 is 14.3 Å². The average Bonchev–Trinajstić information content (AvgIpc) is 3.35. The number of rotatable bonds is 8. The highest BCUT2D eigenvalue weighted by Gasteiger charge is 2.39. The van der Waals surface area contributed by atoms with Crippen LogP contribution in [0.15, 0.2) is 54.7 Å². The zero-order chi connectivity index (χ0) is 29.4. The first-order valence-electron chi connectivity index (χ1n) is 14.5. The molecule has 2 N–H and O–H groups in total. The van der Waals surface area contributed by atoms with Crippen LogP contribution in [0.4, 0.5) is 4.79 Å². The van der Waals surface area contributed by atoms with E-state index in [1.165, 1.54) is 0 Å². The van der Waals surface area contributed by atoms with Crippen molar-refractivity contribution in [3.05, 3.63) is 71.7 Å². The maximum atomic E-state index is 11.8. The average molecular weight is 572 g/mol. The molecule has 3 heterocycles. The molecule has 1 aliphatic rings. The molecule has 4 aromatic rings. The van der Waals surface area contributed by atoms with Gasteiger partial charge in [-0.2, -0.15) is 5.10 Å². The predicted octanol–water partition coefficient (Wildman–Crippen LogP) is 7.60. The fourth-order valence-electron chi connectivity index (χ4n) is 5.52. The lowest BCUT2D eigenvalue weighted by Gasteiger charge is -2.38. The van der Waals surface area contributed by atoms with Gasteiger partial charge < -0.3 is 14.8 Å². The van der Waals surface area contributed by atoms with Crippen LogP contribution >= 0.6 is 0 Å². The van der Waals surface area contributed by atoms with Crippen LogP contribution in [-0.4, -0.2) is 39.3 Å². The number of pyridine rings is 2. The molecule has 1 unspecified atom stereocenters. The topological polar surface area (TPSA) is 102 Å². The maximum absolute atomic E-state index is 11.8. The van der Waals surface area contributed by atoms with E-state index < -0.39 is 19.9 Å². The highest BCUT2D eigenvalue weighted by atomic mass is 28.4. The molecule has 0 saturated carbocycles. The van der Waals surface area contributed by atoms with Crippen molar-refractivity contribution >= 4 is 25.3 Å². The molecule has 0 bridgehead atoms. The lowest BCUT2D eigenvalue weighted by Crippen LogP contribution is -2.48. The van der Waals surface area contributed by atoms with Crippen molar-refractivity contribution in [2.75, 3.05) is 0 Å². The monoisotopic (exact) mass is 571 g/mol. The third kappa shape index (κ3) is 5.78. The fraction of sp³-hybridized carbons (Fsp3) is 0.438. The molecule has 0 radical (unpaired) electrons. The Hall–Kier alpha value is -3.56. The minimum atomic E-state index is -1.90. The summed E-state index contributed by atoms with van der Waals surface area (Å²) < 4.78 is 8.28. The van der Waals surface area contributed by atoms with E-state index in [1.54, 1.807) is 0 Å². The van der Waals surface area contributed by atoms with Crippen molar-refractivity contribution in [1.82, 2.24) is 25.1 Å². The number of hydrogen-bond donors (Lipinski definition) is 2. The zero-order valence-corrected chi connectivity index (χ0v) is 26.0. The highest BCUT2D eigenvalue weighted by molar-refractivity contribution is 6.74. The van der Waals surface area contributed by atoms with E-state index in [2.05, 4.69) is 75.5 Å². The van der Waals surface area contributed by atoms with Crippen LogP contribution in [0.2, 0.25) is 18.1 Å². The predicted molar refractivity (Wildman–Crippen MR) is 165 cm³/mol. The summed E-state index contributed by atoms with van der Waals surface area (Å²) in [6.45, 7) is 13.8. The van der Waals surface area contributed by atoms with E-state index in [0.29, 0.717) is 6.61 Å². The summed E-state index contributed by atoms with van der Waals surface area (Å²) in [5.74, 6) is 0.736. The Morgan fingerprint density at radius 1 is 1.15 bits per heavy atom. The Labute approximate surface area is 243 Å². The molecule has 8 nitrogen and oxygen atoms in total. The minimum Gasteiger partial charge on any atom is -0.465 e. The number of carboxylic acid groups (broad SMARTS) is 1. The minimum absolute atomic E-state index is 0.129. The van der Waals surface area contributed by atoms with Crippen LogP contribution in [0, 0.1) is 0 Å². The van der Waals surface area contributed by atoms with E-state index in [9.17, 15) is 9.90 Å². The van der Waals surface area contributed by atoms with Crippen LogP contribution < -0.4 is 5.32 Å². The molecule has 0 fully saturated rings. The zero-order valence-electron chi connectivity index (χ0n) is 25.0. The number of aromatic nitrogens is 4. The number of amides is 1. The van der Waals surface area contributed by atoms with Gasteiger partial charge in [-0.3, -0.25) is 4.98 Å². The number of hydrogen-bond acceptors (Lipinski definition) is 5. The smallest absolute Gasteiger partial charge is 0.405 e. The second-order valence-corrected chi connectivity index (χ2v) is 17.5. The quantitative estimate of drug-likeness (QED) is 0.211. The molecule has 5 rings (SSSR count). The largest absolute Gasteiger partial charge is 0.465 e. The van der Waals surface area contributed by atoms with Gasteiger partial charge >= 0.3 is 6.09 Å².